The molecule has 0 radical (unpaired) electrons. The van der Waals surface area contributed by atoms with Gasteiger partial charge < -0.3 is 9.97 Å². The number of H-pyrrole nitrogens is 2. The van der Waals surface area contributed by atoms with Gasteiger partial charge in [-0.1, -0.05) is 41.5 Å². The van der Waals surface area contributed by atoms with E-state index in [1.165, 1.54) is 33.4 Å². The topological polar surface area (TPSA) is 91.5 Å². The van der Waals surface area contributed by atoms with Crippen LogP contribution < -0.4 is 0 Å². The van der Waals surface area contributed by atoms with Crippen LogP contribution in [0.2, 0.25) is 0 Å². The van der Waals surface area contributed by atoms with E-state index in [0.717, 1.165) is 84.1 Å². The van der Waals surface area contributed by atoms with Gasteiger partial charge in [0.25, 0.3) is 0 Å². The third-order valence-corrected chi connectivity index (χ3v) is 8.90. The maximum Gasteiger partial charge on any atom is 0.197 e. The first-order chi connectivity index (χ1) is 18.4. The minimum atomic E-state index is -0.0689. The number of rotatable bonds is 11. The summed E-state index contributed by atoms with van der Waals surface area (Å²) >= 11 is 2.18. The van der Waals surface area contributed by atoms with Crippen molar-refractivity contribution in [2.45, 2.75) is 103 Å². The molecule has 0 aliphatic rings. The molecule has 8 heteroatoms. The number of aryl methyl sites for hydroxylation is 4. The molecule has 0 amide bonds. The maximum absolute atomic E-state index is 12.7. The number of carbonyl (C=O) groups is 2. The van der Waals surface area contributed by atoms with Crippen molar-refractivity contribution in [3.63, 3.8) is 0 Å². The highest BCUT2D eigenvalue weighted by Gasteiger charge is 2.19. The van der Waals surface area contributed by atoms with Gasteiger partial charge in [-0.05, 0) is 108 Å². The van der Waals surface area contributed by atoms with Crippen molar-refractivity contribution in [3.8, 4) is 0 Å². The molecule has 0 spiro atoms. The van der Waals surface area contributed by atoms with Crippen LogP contribution in [-0.4, -0.2) is 30.2 Å². The van der Waals surface area contributed by atoms with Crippen LogP contribution in [0.5, 0.6) is 0 Å². The van der Waals surface area contributed by atoms with Gasteiger partial charge >= 0.3 is 0 Å². The van der Waals surface area contributed by atoms with Crippen LogP contribution in [-0.2, 0) is 48.1 Å². The Balaban J connectivity index is 1.42. The number of aromatic amines is 2. The molecule has 0 saturated carbocycles. The lowest BCUT2D eigenvalue weighted by Gasteiger charge is -2.12. The average Bonchev–Trinajstić information content (AvgIpc) is 3.51. The number of carbonyl (C=O) groups excluding carboxylic acids is 2. The van der Waals surface area contributed by atoms with Crippen LogP contribution >= 0.6 is 23.5 Å². The van der Waals surface area contributed by atoms with Gasteiger partial charge in [0.1, 0.15) is 0 Å². The van der Waals surface area contributed by atoms with E-state index in [9.17, 15) is 9.59 Å². The number of hydrogen-bond donors (Lipinski definition) is 2. The summed E-state index contributed by atoms with van der Waals surface area (Å²) in [6.45, 7) is 13.0. The zero-order valence-corrected chi connectivity index (χ0v) is 25.0. The Hall–Kier alpha value is -2.58. The molecular weight excluding hydrogens is 512 g/mol. The lowest BCUT2D eigenvalue weighted by atomic mass is 9.94. The van der Waals surface area contributed by atoms with E-state index in [2.05, 4.69) is 63.6 Å². The quantitative estimate of drug-likeness (QED) is 0.188. The largest absolute Gasteiger partial charge is 0.333 e. The number of fused-ring (bicyclic) bond motifs is 2. The Morgan fingerprint density at radius 3 is 1.29 bits per heavy atom. The molecule has 4 aromatic rings. The number of benzene rings is 2. The summed E-state index contributed by atoms with van der Waals surface area (Å²) in [7, 11) is 0. The summed E-state index contributed by atoms with van der Waals surface area (Å²) in [5.41, 5.74) is 11.8. The molecule has 202 valence electrons. The lowest BCUT2D eigenvalue weighted by molar-refractivity contribution is -0.115. The van der Waals surface area contributed by atoms with Gasteiger partial charge in [-0.2, -0.15) is 0 Å². The molecule has 6 nitrogen and oxygen atoms in total. The van der Waals surface area contributed by atoms with Gasteiger partial charge in [0.15, 0.2) is 20.5 Å². The van der Waals surface area contributed by atoms with Crippen molar-refractivity contribution in [2.75, 3.05) is 0 Å². The molecule has 38 heavy (non-hydrogen) atoms. The van der Waals surface area contributed by atoms with Crippen molar-refractivity contribution >= 4 is 55.8 Å². The van der Waals surface area contributed by atoms with Gasteiger partial charge in [0, 0.05) is 12.8 Å². The number of thioether (sulfide) groups is 2. The zero-order valence-electron chi connectivity index (χ0n) is 23.3. The van der Waals surface area contributed by atoms with Crippen LogP contribution in [0, 0.1) is 0 Å². The third-order valence-electron chi connectivity index (χ3n) is 7.26. The second-order valence-corrected chi connectivity index (χ2v) is 11.5. The average molecular weight is 551 g/mol. The maximum atomic E-state index is 12.7. The minimum absolute atomic E-state index is 0.0689. The number of aromatic nitrogens is 4. The fourth-order valence-electron chi connectivity index (χ4n) is 5.49. The van der Waals surface area contributed by atoms with Crippen LogP contribution in [0.15, 0.2) is 22.4 Å². The van der Waals surface area contributed by atoms with Gasteiger partial charge in [-0.3, -0.25) is 9.59 Å². The molecule has 0 atom stereocenters. The van der Waals surface area contributed by atoms with Crippen LogP contribution in [0.25, 0.3) is 22.1 Å². The number of nitrogens with zero attached hydrogens (tertiary/aromatic N) is 2. The van der Waals surface area contributed by atoms with Gasteiger partial charge in [-0.25, -0.2) is 9.97 Å². The molecule has 0 aliphatic carbocycles. The third kappa shape index (κ3) is 5.71. The standard InChI is InChI=1S/C30H38N4O2S2/c1-7-17-15-23-27(21(11-5)19(17)9-3)33-29(31-23)37-25(35)13-14-26(36)38-30-32-24-16-18(8-2)20(10-4)22(12-6)28(24)34-30/h15-16H,7-14H2,1-6H3,(H,31,33)(H,32,34). The van der Waals surface area contributed by atoms with Crippen molar-refractivity contribution in [1.29, 1.82) is 0 Å². The normalized spacial score (nSPS) is 11.6. The highest BCUT2D eigenvalue weighted by Crippen LogP contribution is 2.31. The molecule has 0 saturated heterocycles. The summed E-state index contributed by atoms with van der Waals surface area (Å²) in [6.07, 6.45) is 6.02. The number of imidazole rings is 2. The minimum Gasteiger partial charge on any atom is -0.333 e. The van der Waals surface area contributed by atoms with E-state index in [1.807, 2.05) is 0 Å². The predicted molar refractivity (Wildman–Crippen MR) is 159 cm³/mol. The summed E-state index contributed by atoms with van der Waals surface area (Å²) in [4.78, 5) is 41.6. The summed E-state index contributed by atoms with van der Waals surface area (Å²) in [5, 5.41) is 1.05. The van der Waals surface area contributed by atoms with E-state index in [1.54, 1.807) is 0 Å². The summed E-state index contributed by atoms with van der Waals surface area (Å²) in [5.74, 6) is 0. The Kier molecular flexibility index (Phi) is 9.36. The van der Waals surface area contributed by atoms with E-state index >= 15 is 0 Å². The molecule has 2 aromatic heterocycles. The van der Waals surface area contributed by atoms with Gasteiger partial charge in [-0.15, -0.1) is 0 Å². The van der Waals surface area contributed by atoms with E-state index < -0.39 is 0 Å². The second-order valence-electron chi connectivity index (χ2n) is 9.43. The van der Waals surface area contributed by atoms with Gasteiger partial charge in [0.2, 0.25) is 0 Å². The van der Waals surface area contributed by atoms with Crippen LogP contribution in [0.4, 0.5) is 0 Å². The monoisotopic (exact) mass is 550 g/mol. The van der Waals surface area contributed by atoms with E-state index in [0.29, 0.717) is 10.3 Å². The summed E-state index contributed by atoms with van der Waals surface area (Å²) < 4.78 is 0. The van der Waals surface area contributed by atoms with Crippen molar-refractivity contribution < 1.29 is 9.59 Å². The highest BCUT2D eigenvalue weighted by molar-refractivity contribution is 8.14. The molecule has 0 aliphatic heterocycles. The zero-order chi connectivity index (χ0) is 27.4. The molecule has 4 rings (SSSR count). The van der Waals surface area contributed by atoms with E-state index in [4.69, 9.17) is 9.97 Å². The van der Waals surface area contributed by atoms with Crippen molar-refractivity contribution in [3.05, 3.63) is 45.5 Å². The first-order valence-electron chi connectivity index (χ1n) is 13.8. The Morgan fingerprint density at radius 2 is 0.974 bits per heavy atom. The number of nitrogens with one attached hydrogen (secondary N) is 2. The molecular formula is C30H38N4O2S2. The van der Waals surface area contributed by atoms with E-state index in [-0.39, 0.29) is 23.1 Å². The first-order valence-corrected chi connectivity index (χ1v) is 15.5. The van der Waals surface area contributed by atoms with Gasteiger partial charge in [0.05, 0.1) is 22.1 Å². The predicted octanol–water partition coefficient (Wildman–Crippen LogP) is 7.53. The Labute approximate surface area is 233 Å². The lowest BCUT2D eigenvalue weighted by Crippen LogP contribution is -1.99. The van der Waals surface area contributed by atoms with Crippen LogP contribution in [0.3, 0.4) is 0 Å². The SMILES string of the molecule is CCc1cc2[nH]c(SC(=O)CCC(=O)Sc3nc4c(CC)c(CC)c(CC)cc4[nH]3)nc2c(CC)c1CC. The molecule has 0 bridgehead atoms. The van der Waals surface area contributed by atoms with Crippen LogP contribution in [0.1, 0.15) is 87.8 Å². The fourth-order valence-corrected chi connectivity index (χ4v) is 6.92. The molecule has 2 N–H and O–H groups in total. The number of hydrogen-bond acceptors (Lipinski definition) is 6. The van der Waals surface area contributed by atoms with Crippen molar-refractivity contribution in [2.24, 2.45) is 0 Å². The second kappa shape index (κ2) is 12.5. The smallest absolute Gasteiger partial charge is 0.197 e. The van der Waals surface area contributed by atoms with Crippen molar-refractivity contribution in [1.82, 2.24) is 19.9 Å². The highest BCUT2D eigenvalue weighted by atomic mass is 32.2. The summed E-state index contributed by atoms with van der Waals surface area (Å²) in [6, 6.07) is 4.33. The molecule has 2 aromatic carbocycles. The Morgan fingerprint density at radius 1 is 0.605 bits per heavy atom. The fraction of sp³-hybridized carbons (Fsp3) is 0.467. The molecule has 2 heterocycles. The molecule has 0 unspecified atom stereocenters. The Bertz CT molecular complexity index is 1370. The molecule has 0 fully saturated rings. The first kappa shape index (κ1) is 28.4.